The van der Waals surface area contributed by atoms with Crippen LogP contribution in [0.5, 0.6) is 0 Å². The second-order valence-corrected chi connectivity index (χ2v) is 11.7. The van der Waals surface area contributed by atoms with Crippen molar-refractivity contribution in [1.29, 1.82) is 0 Å². The molecule has 0 spiro atoms. The van der Waals surface area contributed by atoms with E-state index in [9.17, 15) is 24.7 Å². The van der Waals surface area contributed by atoms with E-state index in [1.54, 1.807) is 0 Å². The van der Waals surface area contributed by atoms with E-state index < -0.39 is 34.9 Å². The molecule has 2 atom stereocenters. The van der Waals surface area contributed by atoms with Crippen LogP contribution in [0, 0.1) is 0 Å². The first kappa shape index (κ1) is 25.2. The number of oxime groups is 1. The third kappa shape index (κ3) is 5.22. The van der Waals surface area contributed by atoms with E-state index in [0.717, 1.165) is 21.0 Å². The number of amides is 2. The number of carboxylic acid groups (broad SMARTS) is 1. The summed E-state index contributed by atoms with van der Waals surface area (Å²) in [5.74, 6) is -1.62. The molecule has 1 saturated heterocycles. The summed E-state index contributed by atoms with van der Waals surface area (Å²) in [6.45, 7) is 0.495. The lowest BCUT2D eigenvalue weighted by Crippen LogP contribution is -2.71. The van der Waals surface area contributed by atoms with Gasteiger partial charge in [-0.3, -0.25) is 14.5 Å². The van der Waals surface area contributed by atoms with E-state index in [1.807, 2.05) is 0 Å². The summed E-state index contributed by atoms with van der Waals surface area (Å²) in [6.07, 6.45) is 0. The van der Waals surface area contributed by atoms with Gasteiger partial charge in [-0.05, 0) is 12.1 Å². The van der Waals surface area contributed by atoms with Crippen molar-refractivity contribution in [3.05, 3.63) is 34.5 Å². The molecule has 2 aromatic heterocycles. The molecule has 0 radical (unpaired) electrons. The third-order valence-electron chi connectivity index (χ3n) is 4.69. The number of carbonyl (C=O) groups excluding carboxylic acids is 2. The Kier molecular flexibility index (Phi) is 7.80. The monoisotopic (exact) mass is 554 g/mol. The van der Waals surface area contributed by atoms with E-state index in [4.69, 9.17) is 11.5 Å². The zero-order valence-corrected chi connectivity index (χ0v) is 20.9. The molecule has 184 valence electrons. The van der Waals surface area contributed by atoms with Crippen LogP contribution in [-0.2, 0) is 14.4 Å². The van der Waals surface area contributed by atoms with E-state index in [2.05, 4.69) is 25.7 Å². The van der Waals surface area contributed by atoms with Crippen molar-refractivity contribution < 1.29 is 24.7 Å². The van der Waals surface area contributed by atoms with Crippen LogP contribution < -0.4 is 16.8 Å². The molecule has 7 N–H and O–H groups in total. The number of β-lactam (4-membered cyclic amide) rings is 1. The van der Waals surface area contributed by atoms with Gasteiger partial charge in [-0.1, -0.05) is 46.1 Å². The van der Waals surface area contributed by atoms with Crippen molar-refractivity contribution in [2.75, 3.05) is 23.8 Å². The molecular weight excluding hydrogens is 537 g/mol. The minimum Gasteiger partial charge on any atom is -0.477 e. The highest BCUT2D eigenvalue weighted by Gasteiger charge is 2.54. The van der Waals surface area contributed by atoms with Gasteiger partial charge >= 0.3 is 5.97 Å². The van der Waals surface area contributed by atoms with Crippen LogP contribution in [0.15, 0.2) is 42.6 Å². The summed E-state index contributed by atoms with van der Waals surface area (Å²) < 4.78 is 1.27. The van der Waals surface area contributed by atoms with Gasteiger partial charge in [0.2, 0.25) is 0 Å². The Bertz CT molecular complexity index is 1230. The maximum atomic E-state index is 12.9. The number of aliphatic carboxylic acids is 1. The third-order valence-corrected chi connectivity index (χ3v) is 9.38. The molecular formula is C18H18N8O5S4. The number of anilines is 1. The average molecular weight is 555 g/mol. The smallest absolute Gasteiger partial charge is 0.353 e. The number of hydrogen-bond acceptors (Lipinski definition) is 14. The van der Waals surface area contributed by atoms with Crippen LogP contribution in [0.4, 0.5) is 5.82 Å². The largest absolute Gasteiger partial charge is 0.477 e. The van der Waals surface area contributed by atoms with Crippen molar-refractivity contribution >= 4 is 75.9 Å². The summed E-state index contributed by atoms with van der Waals surface area (Å²) in [5.41, 5.74) is 10.6. The second-order valence-electron chi connectivity index (χ2n) is 6.91. The summed E-state index contributed by atoms with van der Waals surface area (Å²) in [5, 5.41) is 32.1. The van der Waals surface area contributed by atoms with Crippen LogP contribution in [0.2, 0.25) is 0 Å². The summed E-state index contributed by atoms with van der Waals surface area (Å²) in [7, 11) is 0. The Labute approximate surface area is 214 Å². The normalized spacial score (nSPS) is 19.9. The Morgan fingerprint density at radius 2 is 2.09 bits per heavy atom. The lowest BCUT2D eigenvalue weighted by molar-refractivity contribution is -0.150. The maximum Gasteiger partial charge on any atom is 0.353 e. The number of nitrogens with two attached hydrogens (primary N) is 2. The van der Waals surface area contributed by atoms with E-state index in [-0.39, 0.29) is 23.0 Å². The lowest BCUT2D eigenvalue weighted by Gasteiger charge is -2.49. The molecule has 4 rings (SSSR count). The molecule has 0 aliphatic carbocycles. The SMILES string of the molecule is NCCSc1nnc(SC2=C(C(=O)O)N3C(=O)[C@@H](NC(=O)/C(=N\O)c4cccc(N)n4)C3SC2)s1. The predicted octanol–water partition coefficient (Wildman–Crippen LogP) is 0.233. The van der Waals surface area contributed by atoms with Crippen LogP contribution in [0.1, 0.15) is 5.69 Å². The summed E-state index contributed by atoms with van der Waals surface area (Å²) in [4.78, 5) is 43.2. The number of nitrogens with zero attached hydrogens (tertiary/aromatic N) is 5. The number of nitrogens with one attached hydrogen (secondary N) is 1. The number of hydrogen-bond donors (Lipinski definition) is 5. The van der Waals surface area contributed by atoms with E-state index in [1.165, 1.54) is 53.1 Å². The van der Waals surface area contributed by atoms with Crippen molar-refractivity contribution in [2.24, 2.45) is 10.9 Å². The summed E-state index contributed by atoms with van der Waals surface area (Å²) in [6, 6.07) is 3.45. The quantitative estimate of drug-likeness (QED) is 0.0925. The molecule has 35 heavy (non-hydrogen) atoms. The molecule has 2 amide bonds. The Morgan fingerprint density at radius 3 is 2.77 bits per heavy atom. The molecule has 0 saturated carbocycles. The van der Waals surface area contributed by atoms with Gasteiger partial charge in [0.25, 0.3) is 11.8 Å². The first-order valence-corrected chi connectivity index (χ1v) is 13.5. The van der Waals surface area contributed by atoms with Gasteiger partial charge in [-0.15, -0.1) is 22.0 Å². The van der Waals surface area contributed by atoms with Gasteiger partial charge in [0.15, 0.2) is 14.4 Å². The number of aromatic nitrogens is 3. The molecule has 2 aliphatic heterocycles. The molecule has 13 nitrogen and oxygen atoms in total. The zero-order valence-electron chi connectivity index (χ0n) is 17.7. The second kappa shape index (κ2) is 10.8. The fraction of sp³-hybridized carbons (Fsp3) is 0.278. The van der Waals surface area contributed by atoms with E-state index >= 15 is 0 Å². The first-order valence-electron chi connectivity index (χ1n) is 9.85. The number of fused-ring (bicyclic) bond motifs is 1. The maximum absolute atomic E-state index is 12.9. The highest BCUT2D eigenvalue weighted by molar-refractivity contribution is 8.07. The van der Waals surface area contributed by atoms with Crippen molar-refractivity contribution in [3.8, 4) is 0 Å². The molecule has 1 unspecified atom stereocenters. The van der Waals surface area contributed by atoms with Gasteiger partial charge < -0.3 is 27.1 Å². The highest BCUT2D eigenvalue weighted by atomic mass is 32.2. The first-order chi connectivity index (χ1) is 16.8. The summed E-state index contributed by atoms with van der Waals surface area (Å²) >= 11 is 5.21. The van der Waals surface area contributed by atoms with Crippen molar-refractivity contribution in [2.45, 2.75) is 20.1 Å². The molecule has 2 aromatic rings. The zero-order chi connectivity index (χ0) is 25.1. The minimum absolute atomic E-state index is 0.0239. The lowest BCUT2D eigenvalue weighted by atomic mass is 10.0. The Hall–Kier alpha value is -2.86. The Balaban J connectivity index is 1.49. The molecule has 4 heterocycles. The number of thioether (sulfide) groups is 3. The average Bonchev–Trinajstić information content (AvgIpc) is 3.28. The number of carboxylic acids is 1. The van der Waals surface area contributed by atoms with Gasteiger partial charge in [0.1, 0.15) is 28.6 Å². The van der Waals surface area contributed by atoms with Crippen LogP contribution >= 0.6 is 46.6 Å². The molecule has 0 bridgehead atoms. The van der Waals surface area contributed by atoms with Gasteiger partial charge in [0, 0.05) is 23.0 Å². The van der Waals surface area contributed by atoms with Crippen molar-refractivity contribution in [1.82, 2.24) is 25.4 Å². The minimum atomic E-state index is -1.26. The predicted molar refractivity (Wildman–Crippen MR) is 132 cm³/mol. The molecule has 1 fully saturated rings. The standard InChI is InChI=1S/C18H18N8O5S4/c19-4-5-32-17-23-24-18(35-17)34-8-6-33-15-11(14(28)26(15)12(8)16(29)30)22-13(27)10(25-31)7-2-1-3-9(20)21-7/h1-3,11,15,31H,4-6,19H2,(H2,20,21)(H,22,27)(H,29,30)/b25-10-/t11-,15?/m1/s1. The fourth-order valence-corrected chi connectivity index (χ4v) is 7.72. The molecule has 2 aliphatic rings. The fourth-order valence-electron chi connectivity index (χ4n) is 3.22. The molecule has 17 heteroatoms. The Morgan fingerprint density at radius 1 is 1.31 bits per heavy atom. The van der Waals surface area contributed by atoms with Crippen LogP contribution in [0.25, 0.3) is 0 Å². The van der Waals surface area contributed by atoms with E-state index in [0.29, 0.717) is 21.5 Å². The number of pyridine rings is 1. The van der Waals surface area contributed by atoms with Gasteiger partial charge in [-0.2, -0.15) is 0 Å². The van der Waals surface area contributed by atoms with Gasteiger partial charge in [0.05, 0.1) is 0 Å². The van der Waals surface area contributed by atoms with Gasteiger partial charge in [-0.25, -0.2) is 9.78 Å². The van der Waals surface area contributed by atoms with Crippen molar-refractivity contribution in [3.63, 3.8) is 0 Å². The highest BCUT2D eigenvalue weighted by Crippen LogP contribution is 2.46. The topological polar surface area (TPSA) is 210 Å². The number of rotatable bonds is 9. The number of nitrogen functional groups attached to an aromatic ring is 1. The van der Waals surface area contributed by atoms with Crippen LogP contribution in [-0.4, -0.2) is 83.4 Å². The number of carbonyl (C=O) groups is 3. The van der Waals surface area contributed by atoms with Crippen LogP contribution in [0.3, 0.4) is 0 Å². The molecule has 0 aromatic carbocycles.